The summed E-state index contributed by atoms with van der Waals surface area (Å²) in [5.41, 5.74) is 0.242. The van der Waals surface area contributed by atoms with E-state index in [2.05, 4.69) is 53.1 Å². The van der Waals surface area contributed by atoms with E-state index in [4.69, 9.17) is 0 Å². The second-order valence-electron chi connectivity index (χ2n) is 3.82. The first kappa shape index (κ1) is 15.6. The zero-order chi connectivity index (χ0) is 14.9. The van der Waals surface area contributed by atoms with E-state index in [1.54, 1.807) is 18.2 Å². The van der Waals surface area contributed by atoms with Crippen molar-refractivity contribution in [2.45, 2.75) is 0 Å². The number of rotatable bonds is 2. The number of halogens is 5. The highest BCUT2D eigenvalue weighted by Crippen LogP contribution is 2.26. The van der Waals surface area contributed by atoms with Crippen molar-refractivity contribution in [2.75, 3.05) is 5.32 Å². The highest BCUT2D eigenvalue weighted by atomic mass is 79.9. The summed E-state index contributed by atoms with van der Waals surface area (Å²) in [5, 5.41) is 2.40. The van der Waals surface area contributed by atoms with E-state index >= 15 is 0 Å². The second kappa shape index (κ2) is 6.32. The molecule has 0 saturated heterocycles. The van der Waals surface area contributed by atoms with Crippen molar-refractivity contribution in [2.24, 2.45) is 0 Å². The normalized spacial score (nSPS) is 10.4. The first-order chi connectivity index (χ1) is 9.38. The van der Waals surface area contributed by atoms with Crippen LogP contribution in [0.5, 0.6) is 0 Å². The van der Waals surface area contributed by atoms with Gasteiger partial charge in [-0.3, -0.25) is 4.79 Å². The number of benzene rings is 2. The number of nitrogens with one attached hydrogen (secondary N) is 1. The summed E-state index contributed by atoms with van der Waals surface area (Å²) in [6.45, 7) is 0. The minimum atomic E-state index is -0.840. The van der Waals surface area contributed by atoms with Crippen LogP contribution in [0.3, 0.4) is 0 Å². The van der Waals surface area contributed by atoms with Gasteiger partial charge in [0.1, 0.15) is 11.6 Å². The van der Waals surface area contributed by atoms with Gasteiger partial charge in [-0.2, -0.15) is 0 Å². The van der Waals surface area contributed by atoms with Crippen molar-refractivity contribution in [3.63, 3.8) is 0 Å². The lowest BCUT2D eigenvalue weighted by Gasteiger charge is -2.09. The lowest BCUT2D eigenvalue weighted by Crippen LogP contribution is -2.14. The zero-order valence-electron chi connectivity index (χ0n) is 9.68. The van der Waals surface area contributed by atoms with E-state index in [1.807, 2.05) is 0 Å². The van der Waals surface area contributed by atoms with Gasteiger partial charge >= 0.3 is 0 Å². The molecule has 0 fully saturated rings. The summed E-state index contributed by atoms with van der Waals surface area (Å²) in [6.07, 6.45) is 0. The third-order valence-electron chi connectivity index (χ3n) is 2.43. The van der Waals surface area contributed by atoms with Crippen molar-refractivity contribution >= 4 is 59.4 Å². The van der Waals surface area contributed by atoms with Crippen LogP contribution in [0.2, 0.25) is 0 Å². The fourth-order valence-electron chi connectivity index (χ4n) is 1.48. The summed E-state index contributed by atoms with van der Waals surface area (Å²) in [4.78, 5) is 12.1. The standard InChI is InChI=1S/C13H6Br3F2NO/c14-6-1-2-7(8(15)3-6)13(20)19-12-4-9(16)10(17)5-11(12)18/h1-5H,(H,19,20). The molecule has 2 aromatic rings. The largest absolute Gasteiger partial charge is 0.319 e. The molecule has 7 heteroatoms. The summed E-state index contributed by atoms with van der Waals surface area (Å²) >= 11 is 9.47. The van der Waals surface area contributed by atoms with Crippen LogP contribution in [0.15, 0.2) is 43.7 Å². The zero-order valence-corrected chi connectivity index (χ0v) is 14.4. The molecule has 0 radical (unpaired) electrons. The van der Waals surface area contributed by atoms with Crippen LogP contribution in [0.1, 0.15) is 10.4 Å². The van der Waals surface area contributed by atoms with Gasteiger partial charge in [0.25, 0.3) is 5.91 Å². The highest BCUT2D eigenvalue weighted by Gasteiger charge is 2.14. The Bertz CT molecular complexity index is 692. The molecule has 0 spiro atoms. The van der Waals surface area contributed by atoms with Gasteiger partial charge in [-0.05, 0) is 56.1 Å². The summed E-state index contributed by atoms with van der Waals surface area (Å²) < 4.78 is 28.1. The molecule has 0 atom stereocenters. The quantitative estimate of drug-likeness (QED) is 0.578. The van der Waals surface area contributed by atoms with Crippen LogP contribution in [0.4, 0.5) is 14.5 Å². The Kier molecular flexibility index (Phi) is 4.93. The van der Waals surface area contributed by atoms with Crippen molar-refractivity contribution in [1.82, 2.24) is 0 Å². The smallest absolute Gasteiger partial charge is 0.256 e. The van der Waals surface area contributed by atoms with Gasteiger partial charge in [0, 0.05) is 15.0 Å². The predicted octanol–water partition coefficient (Wildman–Crippen LogP) is 5.50. The summed E-state index contributed by atoms with van der Waals surface area (Å²) in [5.74, 6) is -2.07. The van der Waals surface area contributed by atoms with E-state index in [0.717, 1.165) is 4.47 Å². The first-order valence-corrected chi connectivity index (χ1v) is 7.67. The molecule has 0 aliphatic rings. The number of anilines is 1. The molecular weight excluding hydrogens is 464 g/mol. The first-order valence-electron chi connectivity index (χ1n) is 5.29. The van der Waals surface area contributed by atoms with E-state index in [9.17, 15) is 13.6 Å². The van der Waals surface area contributed by atoms with Gasteiger partial charge in [-0.1, -0.05) is 15.9 Å². The number of carbonyl (C=O) groups is 1. The van der Waals surface area contributed by atoms with Crippen LogP contribution in [0, 0.1) is 11.6 Å². The minimum absolute atomic E-state index is 0.0732. The van der Waals surface area contributed by atoms with Crippen LogP contribution in [-0.2, 0) is 0 Å². The molecule has 0 aliphatic carbocycles. The fourth-order valence-corrected chi connectivity index (χ4v) is 3.05. The van der Waals surface area contributed by atoms with Crippen molar-refractivity contribution < 1.29 is 13.6 Å². The lowest BCUT2D eigenvalue weighted by molar-refractivity contribution is 0.102. The number of amides is 1. The Balaban J connectivity index is 2.30. The maximum Gasteiger partial charge on any atom is 0.256 e. The molecule has 0 saturated carbocycles. The number of hydrogen-bond donors (Lipinski definition) is 1. The average Bonchev–Trinajstić information content (AvgIpc) is 2.35. The van der Waals surface area contributed by atoms with Crippen LogP contribution in [-0.4, -0.2) is 5.91 Å². The maximum atomic E-state index is 13.6. The van der Waals surface area contributed by atoms with Gasteiger partial charge in [0.2, 0.25) is 0 Å². The van der Waals surface area contributed by atoms with Gasteiger partial charge in [0.15, 0.2) is 0 Å². The fraction of sp³-hybridized carbons (Fsp3) is 0. The molecule has 20 heavy (non-hydrogen) atoms. The highest BCUT2D eigenvalue weighted by molar-refractivity contribution is 9.11. The molecule has 0 heterocycles. The van der Waals surface area contributed by atoms with Crippen LogP contribution >= 0.6 is 47.8 Å². The van der Waals surface area contributed by atoms with E-state index < -0.39 is 17.5 Å². The predicted molar refractivity (Wildman–Crippen MR) is 83.9 cm³/mol. The SMILES string of the molecule is O=C(Nc1cc(Br)c(F)cc1F)c1ccc(Br)cc1Br. The second-order valence-corrected chi connectivity index (χ2v) is 6.45. The van der Waals surface area contributed by atoms with E-state index in [1.165, 1.54) is 6.07 Å². The molecule has 104 valence electrons. The number of hydrogen-bond acceptors (Lipinski definition) is 1. The molecule has 0 aliphatic heterocycles. The molecule has 2 aromatic carbocycles. The monoisotopic (exact) mass is 467 g/mol. The molecule has 1 N–H and O–H groups in total. The Hall–Kier alpha value is -0.790. The average molecular weight is 470 g/mol. The molecule has 0 unspecified atom stereocenters. The Labute approximate surface area is 138 Å². The minimum Gasteiger partial charge on any atom is -0.319 e. The molecular formula is C13H6Br3F2NO. The lowest BCUT2D eigenvalue weighted by atomic mass is 10.2. The van der Waals surface area contributed by atoms with E-state index in [0.29, 0.717) is 16.1 Å². The van der Waals surface area contributed by atoms with Gasteiger partial charge in [-0.25, -0.2) is 8.78 Å². The summed E-state index contributed by atoms with van der Waals surface area (Å²) in [7, 11) is 0. The van der Waals surface area contributed by atoms with Crippen molar-refractivity contribution in [3.05, 3.63) is 60.9 Å². The molecule has 1 amide bonds. The molecule has 2 rings (SSSR count). The maximum absolute atomic E-state index is 13.6. The molecule has 0 bridgehead atoms. The van der Waals surface area contributed by atoms with Crippen molar-refractivity contribution in [1.29, 1.82) is 0 Å². The van der Waals surface area contributed by atoms with Crippen LogP contribution in [0.25, 0.3) is 0 Å². The summed E-state index contributed by atoms with van der Waals surface area (Å²) in [6, 6.07) is 6.86. The van der Waals surface area contributed by atoms with Crippen LogP contribution < -0.4 is 5.32 Å². The third kappa shape index (κ3) is 3.45. The van der Waals surface area contributed by atoms with Gasteiger partial charge in [0.05, 0.1) is 15.7 Å². The number of carbonyl (C=O) groups excluding carboxylic acids is 1. The van der Waals surface area contributed by atoms with E-state index in [-0.39, 0.29) is 10.2 Å². The molecule has 0 aromatic heterocycles. The Morgan fingerprint density at radius 3 is 2.30 bits per heavy atom. The Morgan fingerprint density at radius 1 is 0.950 bits per heavy atom. The van der Waals surface area contributed by atoms with Crippen molar-refractivity contribution in [3.8, 4) is 0 Å². The third-order valence-corrected chi connectivity index (χ3v) is 4.19. The van der Waals surface area contributed by atoms with Gasteiger partial charge < -0.3 is 5.32 Å². The topological polar surface area (TPSA) is 29.1 Å². The molecule has 2 nitrogen and oxygen atoms in total. The Morgan fingerprint density at radius 2 is 1.65 bits per heavy atom. The van der Waals surface area contributed by atoms with Gasteiger partial charge in [-0.15, -0.1) is 0 Å².